The zero-order valence-corrected chi connectivity index (χ0v) is 45.5. The third-order valence-corrected chi connectivity index (χ3v) is 18.1. The summed E-state index contributed by atoms with van der Waals surface area (Å²) in [5.74, 6) is 2.89. The van der Waals surface area contributed by atoms with Crippen molar-refractivity contribution in [2.24, 2.45) is 10.8 Å². The Morgan fingerprint density at radius 3 is 1.36 bits per heavy atom. The Balaban J connectivity index is 0.768. The van der Waals surface area contributed by atoms with Gasteiger partial charge in [0, 0.05) is 13.1 Å². The second-order valence-corrected chi connectivity index (χ2v) is 23.8. The van der Waals surface area contributed by atoms with Crippen molar-refractivity contribution < 1.29 is 28.7 Å². The highest BCUT2D eigenvalue weighted by molar-refractivity contribution is 7.98. The van der Waals surface area contributed by atoms with Crippen LogP contribution in [0.2, 0.25) is 0 Å². The molecule has 0 radical (unpaired) electrons. The van der Waals surface area contributed by atoms with Crippen LogP contribution in [0, 0.1) is 10.8 Å². The largest absolute Gasteiger partial charge is 0.453 e. The molecule has 396 valence electrons. The summed E-state index contributed by atoms with van der Waals surface area (Å²) in [5, 5.41) is 5.60. The van der Waals surface area contributed by atoms with Crippen LogP contribution in [0.3, 0.4) is 0 Å². The van der Waals surface area contributed by atoms with E-state index >= 15 is 0 Å². The SMILES string of the molecule is COC(=O)N[C@@H](CCSC)C(=O)N1CC2(CC2)C[C@H]1c1ncc(-c2ccc(-c3cc4ccc3CCc3ccc(c(-c5ccc(-c6cnc([C@@H]7CC8(CC8)CN7C(=O)[C@H](CCSC)NC(=O)OC)[nH]6)cc5)c3)CC4)cc2)[nH]1. The van der Waals surface area contributed by atoms with Crippen LogP contribution < -0.4 is 10.6 Å². The molecule has 4 atom stereocenters. The number of likely N-dealkylation sites (tertiary alicyclic amines) is 2. The third-order valence-electron chi connectivity index (χ3n) is 16.8. The fourth-order valence-electron chi connectivity index (χ4n) is 12.0. The highest BCUT2D eigenvalue weighted by Gasteiger charge is 2.56. The minimum atomic E-state index is -0.655. The van der Waals surface area contributed by atoms with E-state index < -0.39 is 24.3 Å². The Hall–Kier alpha value is -6.52. The summed E-state index contributed by atoms with van der Waals surface area (Å²) in [6, 6.07) is 29.8. The number of nitrogens with zero attached hydrogens (tertiary/aromatic N) is 4. The number of thioether (sulfide) groups is 2. The van der Waals surface area contributed by atoms with E-state index in [1.165, 1.54) is 58.7 Å². The molecule has 6 aromatic rings. The summed E-state index contributed by atoms with van der Waals surface area (Å²) in [7, 11) is 2.65. The van der Waals surface area contributed by atoms with Crippen molar-refractivity contribution >= 4 is 47.5 Å². The fourth-order valence-corrected chi connectivity index (χ4v) is 12.9. The van der Waals surface area contributed by atoms with Crippen LogP contribution in [0.4, 0.5) is 9.59 Å². The number of methoxy groups -OCH3 is 2. The number of amides is 4. The molecular formula is C60H68N8O6S2. The highest BCUT2D eigenvalue weighted by atomic mass is 32.2. The van der Waals surface area contributed by atoms with Crippen LogP contribution in [-0.4, -0.2) is 117 Å². The molecule has 76 heavy (non-hydrogen) atoms. The van der Waals surface area contributed by atoms with E-state index in [1.54, 1.807) is 23.5 Å². The molecule has 2 saturated carbocycles. The highest BCUT2D eigenvalue weighted by Crippen LogP contribution is 2.59. The molecule has 4 bridgehead atoms. The number of carbonyl (C=O) groups excluding carboxylic acids is 4. The van der Waals surface area contributed by atoms with Gasteiger partial charge in [0.25, 0.3) is 0 Å². The topological polar surface area (TPSA) is 175 Å². The van der Waals surface area contributed by atoms with Crippen LogP contribution >= 0.6 is 23.5 Å². The summed E-state index contributed by atoms with van der Waals surface area (Å²) in [6.45, 7) is 1.34. The zero-order chi connectivity index (χ0) is 52.6. The molecule has 2 saturated heterocycles. The molecule has 4 N–H and O–H groups in total. The lowest BCUT2D eigenvalue weighted by Crippen LogP contribution is -2.49. The summed E-state index contributed by atoms with van der Waals surface area (Å²) in [4.78, 5) is 73.5. The molecule has 4 aromatic carbocycles. The molecule has 14 rings (SSSR count). The van der Waals surface area contributed by atoms with Gasteiger partial charge in [-0.1, -0.05) is 84.9 Å². The summed E-state index contributed by atoms with van der Waals surface area (Å²) in [6.07, 6.45) is 17.3. The summed E-state index contributed by atoms with van der Waals surface area (Å²) >= 11 is 3.30. The van der Waals surface area contributed by atoms with Crippen molar-refractivity contribution in [3.8, 4) is 44.8 Å². The number of hydrogen-bond acceptors (Lipinski definition) is 10. The predicted molar refractivity (Wildman–Crippen MR) is 300 cm³/mol. The lowest BCUT2D eigenvalue weighted by Gasteiger charge is -2.28. The number of H-pyrrole nitrogens is 2. The molecule has 0 unspecified atom stereocenters. The standard InChI is InChI=1S/C60H68N8O6S2/c1-73-57(71)65-47(21-27-75-3)55(69)67-35-59(23-24-59)31-51(67)53-61-33-49(63-53)43-17-13-41(14-18-43)45-29-37-5-9-39(45)11-7-38-6-10-40(12-8-37)46(30-38)42-15-19-44(20-16-42)50-34-62-54(64-50)52-32-60(25-26-60)36-68(52)56(70)48(22-28-76-4)66-58(72)74-2/h5-6,9-10,13-20,29-30,33-34,47-48,51-52H,7-8,11-12,21-28,31-32,35-36H2,1-4H3,(H,61,63)(H,62,64)(H,65,71)(H,66,72)/t47-,48-,51-,52-/m0/s1. The molecular weight excluding hydrogens is 993 g/mol. The normalized spacial score (nSPS) is 19.5. The third kappa shape index (κ3) is 10.9. The van der Waals surface area contributed by atoms with Gasteiger partial charge in [-0.2, -0.15) is 23.5 Å². The molecule has 16 heteroatoms. The van der Waals surface area contributed by atoms with Crippen molar-refractivity contribution in [2.45, 2.75) is 101 Å². The van der Waals surface area contributed by atoms with E-state index in [1.807, 2.05) is 34.7 Å². The molecule has 4 amide bonds. The number of aryl methyl sites for hydroxylation is 4. The Morgan fingerprint density at radius 2 is 0.987 bits per heavy atom. The van der Waals surface area contributed by atoms with Crippen LogP contribution in [0.15, 0.2) is 97.3 Å². The van der Waals surface area contributed by atoms with Gasteiger partial charge in [0.05, 0.1) is 50.1 Å². The Labute approximate surface area is 453 Å². The van der Waals surface area contributed by atoms with Gasteiger partial charge in [-0.05, 0) is 168 Å². The number of nitrogens with one attached hydrogen (secondary N) is 4. The van der Waals surface area contributed by atoms with Gasteiger partial charge in [-0.25, -0.2) is 19.6 Å². The van der Waals surface area contributed by atoms with Gasteiger partial charge in [0.15, 0.2) is 0 Å². The van der Waals surface area contributed by atoms with Crippen LogP contribution in [0.5, 0.6) is 0 Å². The maximum absolute atomic E-state index is 14.1. The average molecular weight is 1060 g/mol. The lowest BCUT2D eigenvalue weighted by molar-refractivity contribution is -0.135. The number of carbonyl (C=O) groups is 4. The number of aromatic nitrogens is 4. The zero-order valence-electron chi connectivity index (χ0n) is 43.9. The number of ether oxygens (including phenoxy) is 2. The first-order chi connectivity index (χ1) is 37.0. The molecule has 4 fully saturated rings. The summed E-state index contributed by atoms with van der Waals surface area (Å²) < 4.78 is 9.76. The van der Waals surface area contributed by atoms with E-state index in [9.17, 15) is 19.2 Å². The van der Waals surface area contributed by atoms with Crippen molar-refractivity contribution in [1.82, 2.24) is 40.4 Å². The predicted octanol–water partition coefficient (Wildman–Crippen LogP) is 10.7. The molecule has 8 aliphatic rings. The number of hydrogen-bond donors (Lipinski definition) is 4. The summed E-state index contributed by atoms with van der Waals surface area (Å²) in [5.41, 5.74) is 14.3. The maximum atomic E-state index is 14.1. The van der Waals surface area contributed by atoms with Gasteiger partial charge in [0.2, 0.25) is 11.8 Å². The minimum absolute atomic E-state index is 0.0795. The van der Waals surface area contributed by atoms with E-state index in [2.05, 4.69) is 106 Å². The lowest BCUT2D eigenvalue weighted by atomic mass is 9.87. The van der Waals surface area contributed by atoms with Gasteiger partial charge in [-0.3, -0.25) is 9.59 Å². The van der Waals surface area contributed by atoms with Gasteiger partial charge < -0.3 is 39.9 Å². The smallest absolute Gasteiger partial charge is 0.407 e. The molecule has 4 heterocycles. The Morgan fingerprint density at radius 1 is 0.592 bits per heavy atom. The molecule has 2 aliphatic heterocycles. The maximum Gasteiger partial charge on any atom is 0.407 e. The van der Waals surface area contributed by atoms with E-state index in [4.69, 9.17) is 19.4 Å². The first-order valence-corrected chi connectivity index (χ1v) is 29.6. The van der Waals surface area contributed by atoms with Gasteiger partial charge >= 0.3 is 12.2 Å². The second kappa shape index (κ2) is 21.8. The van der Waals surface area contributed by atoms with Crippen LogP contribution in [0.1, 0.15) is 97.4 Å². The van der Waals surface area contributed by atoms with E-state index in [0.717, 1.165) is 110 Å². The van der Waals surface area contributed by atoms with Gasteiger partial charge in [0.1, 0.15) is 23.7 Å². The molecule has 14 nitrogen and oxygen atoms in total. The number of alkyl carbamates (subject to hydrolysis) is 2. The number of aromatic amines is 2. The first kappa shape index (κ1) is 51.6. The molecule has 2 spiro atoms. The number of benzene rings is 4. The van der Waals surface area contributed by atoms with Crippen molar-refractivity contribution in [2.75, 3.05) is 51.3 Å². The fraction of sp³-hybridized carbons (Fsp3) is 0.433. The van der Waals surface area contributed by atoms with E-state index in [0.29, 0.717) is 25.9 Å². The van der Waals surface area contributed by atoms with Crippen molar-refractivity contribution in [1.29, 1.82) is 0 Å². The van der Waals surface area contributed by atoms with E-state index in [-0.39, 0.29) is 34.7 Å². The average Bonchev–Trinajstić information content (AvgIpc) is 4.13. The molecule has 6 aliphatic carbocycles. The van der Waals surface area contributed by atoms with Gasteiger partial charge in [-0.15, -0.1) is 0 Å². The quantitative estimate of drug-likeness (QED) is 0.0730. The minimum Gasteiger partial charge on any atom is -0.453 e. The monoisotopic (exact) mass is 1060 g/mol. The first-order valence-electron chi connectivity index (χ1n) is 26.8. The number of imidazole rings is 2. The van der Waals surface area contributed by atoms with Crippen molar-refractivity contribution in [3.05, 3.63) is 131 Å². The molecule has 2 aromatic heterocycles. The van der Waals surface area contributed by atoms with Crippen molar-refractivity contribution in [3.63, 3.8) is 0 Å². The Bertz CT molecular complexity index is 2900. The Kier molecular flexibility index (Phi) is 14.8. The second-order valence-electron chi connectivity index (χ2n) is 21.8. The number of rotatable bonds is 16. The van der Waals surface area contributed by atoms with Crippen LogP contribution in [-0.2, 0) is 44.7 Å². The van der Waals surface area contributed by atoms with Crippen LogP contribution in [0.25, 0.3) is 44.8 Å².